The number of nitrogen functional groups attached to an aromatic ring is 1. The van der Waals surface area contributed by atoms with Crippen molar-refractivity contribution < 1.29 is 17.6 Å². The number of hydrogen-bond acceptors (Lipinski definition) is 4. The summed E-state index contributed by atoms with van der Waals surface area (Å²) >= 11 is 0. The molecule has 0 saturated carbocycles. The molecule has 1 aliphatic rings. The minimum absolute atomic E-state index is 0.140. The lowest BCUT2D eigenvalue weighted by molar-refractivity contribution is -0.146. The van der Waals surface area contributed by atoms with Gasteiger partial charge in [-0.15, -0.1) is 0 Å². The molecule has 4 nitrogen and oxygen atoms in total. The van der Waals surface area contributed by atoms with Crippen LogP contribution in [0.4, 0.5) is 29.1 Å². The van der Waals surface area contributed by atoms with Gasteiger partial charge in [0.25, 0.3) is 0 Å². The van der Waals surface area contributed by atoms with Crippen molar-refractivity contribution in [2.45, 2.75) is 6.18 Å². The highest BCUT2D eigenvalue weighted by molar-refractivity contribution is 5.47. The molecule has 106 valence electrons. The molecule has 0 amide bonds. The average Bonchev–Trinajstić information content (AvgIpc) is 2.28. The molecule has 0 aliphatic carbocycles. The van der Waals surface area contributed by atoms with Gasteiger partial charge in [-0.1, -0.05) is 0 Å². The molecule has 0 radical (unpaired) electrons. The highest BCUT2D eigenvalue weighted by Gasteiger charge is 2.32. The lowest BCUT2D eigenvalue weighted by atomic mass is 10.3. The Kier molecular flexibility index (Phi) is 3.79. The molecule has 0 atom stereocenters. The Morgan fingerprint density at radius 3 is 2.37 bits per heavy atom. The van der Waals surface area contributed by atoms with Gasteiger partial charge in [0.1, 0.15) is 0 Å². The first-order valence-corrected chi connectivity index (χ1v) is 5.80. The summed E-state index contributed by atoms with van der Waals surface area (Å²) in [7, 11) is 0. The molecule has 0 bridgehead atoms. The van der Waals surface area contributed by atoms with Gasteiger partial charge in [0.05, 0.1) is 18.4 Å². The van der Waals surface area contributed by atoms with Crippen molar-refractivity contribution >= 4 is 11.5 Å². The summed E-state index contributed by atoms with van der Waals surface area (Å²) in [6, 6.07) is 1.16. The Labute approximate surface area is 107 Å². The zero-order valence-electron chi connectivity index (χ0n) is 10.1. The maximum absolute atomic E-state index is 13.6. The molecule has 19 heavy (non-hydrogen) atoms. The van der Waals surface area contributed by atoms with Crippen LogP contribution >= 0.6 is 0 Å². The quantitative estimate of drug-likeness (QED) is 0.833. The summed E-state index contributed by atoms with van der Waals surface area (Å²) < 4.78 is 50.3. The molecule has 1 saturated heterocycles. The fraction of sp³-hybridized carbons (Fsp3) is 0.545. The smallest absolute Gasteiger partial charge is 0.397 e. The van der Waals surface area contributed by atoms with Crippen LogP contribution in [-0.4, -0.2) is 48.8 Å². The van der Waals surface area contributed by atoms with Gasteiger partial charge < -0.3 is 10.6 Å². The van der Waals surface area contributed by atoms with Gasteiger partial charge in [-0.3, -0.25) is 4.90 Å². The van der Waals surface area contributed by atoms with Gasteiger partial charge in [0.2, 0.25) is 0 Å². The molecule has 8 heteroatoms. The summed E-state index contributed by atoms with van der Waals surface area (Å²) in [5.41, 5.74) is 5.61. The molecule has 2 heterocycles. The minimum atomic E-state index is -4.20. The van der Waals surface area contributed by atoms with E-state index >= 15 is 0 Å². The molecule has 0 spiro atoms. The topological polar surface area (TPSA) is 45.4 Å². The van der Waals surface area contributed by atoms with Crippen LogP contribution in [0.5, 0.6) is 0 Å². The number of halogens is 4. The number of hydrogen-bond donors (Lipinski definition) is 1. The Balaban J connectivity index is 1.96. The van der Waals surface area contributed by atoms with E-state index in [9.17, 15) is 17.6 Å². The van der Waals surface area contributed by atoms with E-state index in [0.717, 1.165) is 6.07 Å². The second kappa shape index (κ2) is 5.20. The van der Waals surface area contributed by atoms with Crippen LogP contribution in [0, 0.1) is 5.82 Å². The molecule has 1 aromatic heterocycles. The largest absolute Gasteiger partial charge is 0.401 e. The first-order valence-electron chi connectivity index (χ1n) is 5.80. The van der Waals surface area contributed by atoms with Gasteiger partial charge in [-0.05, 0) is 0 Å². The van der Waals surface area contributed by atoms with E-state index in [1.165, 1.54) is 11.1 Å². The normalized spacial score (nSPS) is 17.8. The van der Waals surface area contributed by atoms with E-state index in [4.69, 9.17) is 5.73 Å². The Bertz CT molecular complexity index is 441. The summed E-state index contributed by atoms with van der Waals surface area (Å²) in [4.78, 5) is 6.81. The van der Waals surface area contributed by atoms with Crippen LogP contribution in [0.25, 0.3) is 0 Å². The van der Waals surface area contributed by atoms with Crippen molar-refractivity contribution in [2.24, 2.45) is 0 Å². The third kappa shape index (κ3) is 3.69. The number of alkyl halides is 3. The van der Waals surface area contributed by atoms with E-state index in [2.05, 4.69) is 4.98 Å². The second-order valence-corrected chi connectivity index (χ2v) is 4.45. The van der Waals surface area contributed by atoms with Crippen molar-refractivity contribution in [2.75, 3.05) is 43.4 Å². The number of pyridine rings is 1. The molecular weight excluding hydrogens is 264 g/mol. The van der Waals surface area contributed by atoms with Crippen LogP contribution in [0.2, 0.25) is 0 Å². The molecule has 1 aromatic rings. The van der Waals surface area contributed by atoms with Crippen molar-refractivity contribution in [1.82, 2.24) is 9.88 Å². The predicted octanol–water partition coefficient (Wildman–Crippen LogP) is 1.49. The van der Waals surface area contributed by atoms with E-state index in [1.54, 1.807) is 4.90 Å². The molecule has 1 fully saturated rings. The number of anilines is 2. The van der Waals surface area contributed by atoms with Crippen LogP contribution in [0.3, 0.4) is 0 Å². The zero-order valence-corrected chi connectivity index (χ0v) is 10.1. The second-order valence-electron chi connectivity index (χ2n) is 4.45. The van der Waals surface area contributed by atoms with Gasteiger partial charge >= 0.3 is 6.18 Å². The molecule has 0 aromatic carbocycles. The van der Waals surface area contributed by atoms with Crippen LogP contribution < -0.4 is 10.6 Å². The average molecular weight is 278 g/mol. The molecule has 2 N–H and O–H groups in total. The highest BCUT2D eigenvalue weighted by Crippen LogP contribution is 2.21. The lowest BCUT2D eigenvalue weighted by Gasteiger charge is -2.35. The molecule has 0 unspecified atom stereocenters. The van der Waals surface area contributed by atoms with E-state index in [0.29, 0.717) is 13.1 Å². The predicted molar refractivity (Wildman–Crippen MR) is 63.3 cm³/mol. The van der Waals surface area contributed by atoms with Gasteiger partial charge in [-0.25, -0.2) is 9.37 Å². The number of rotatable bonds is 2. The summed E-state index contributed by atoms with van der Waals surface area (Å²) in [5.74, 6) is -0.412. The zero-order chi connectivity index (χ0) is 14.0. The van der Waals surface area contributed by atoms with E-state index < -0.39 is 18.5 Å². The van der Waals surface area contributed by atoms with E-state index in [1.807, 2.05) is 0 Å². The highest BCUT2D eigenvalue weighted by atomic mass is 19.4. The molecule has 1 aliphatic heterocycles. The van der Waals surface area contributed by atoms with Crippen molar-refractivity contribution in [3.8, 4) is 0 Å². The minimum Gasteiger partial charge on any atom is -0.397 e. The Morgan fingerprint density at radius 2 is 1.84 bits per heavy atom. The number of nitrogens with two attached hydrogens (primary N) is 1. The third-order valence-corrected chi connectivity index (χ3v) is 2.92. The Morgan fingerprint density at radius 1 is 1.21 bits per heavy atom. The molecular formula is C11H14F4N4. The van der Waals surface area contributed by atoms with Gasteiger partial charge in [0, 0.05) is 32.2 Å². The van der Waals surface area contributed by atoms with Crippen molar-refractivity contribution in [3.05, 3.63) is 18.1 Å². The standard InChI is InChI=1S/C11H14F4N4/c12-9-5-8(16)6-17-10(9)19-3-1-18(2-4-19)7-11(13,14)15/h5-6H,1-4,7,16H2. The third-order valence-electron chi connectivity index (χ3n) is 2.92. The maximum Gasteiger partial charge on any atom is 0.401 e. The van der Waals surface area contributed by atoms with E-state index in [-0.39, 0.29) is 24.6 Å². The van der Waals surface area contributed by atoms with Crippen molar-refractivity contribution in [1.29, 1.82) is 0 Å². The van der Waals surface area contributed by atoms with Gasteiger partial charge in [-0.2, -0.15) is 13.2 Å². The van der Waals surface area contributed by atoms with Crippen molar-refractivity contribution in [3.63, 3.8) is 0 Å². The fourth-order valence-corrected chi connectivity index (χ4v) is 2.05. The monoisotopic (exact) mass is 278 g/mol. The SMILES string of the molecule is Nc1cnc(N2CCN(CC(F)(F)F)CC2)c(F)c1. The molecule has 2 rings (SSSR count). The first kappa shape index (κ1) is 13.9. The summed E-state index contributed by atoms with van der Waals surface area (Å²) in [6.07, 6.45) is -2.87. The summed E-state index contributed by atoms with van der Waals surface area (Å²) in [5, 5.41) is 0. The number of aromatic nitrogens is 1. The first-order chi connectivity index (χ1) is 8.85. The number of piperazine rings is 1. The lowest BCUT2D eigenvalue weighted by Crippen LogP contribution is -2.49. The Hall–Kier alpha value is -1.57. The van der Waals surface area contributed by atoms with Crippen LogP contribution in [0.15, 0.2) is 12.3 Å². The fourth-order valence-electron chi connectivity index (χ4n) is 2.05. The number of nitrogens with zero attached hydrogens (tertiary/aromatic N) is 3. The maximum atomic E-state index is 13.6. The van der Waals surface area contributed by atoms with Crippen LogP contribution in [0.1, 0.15) is 0 Å². The summed E-state index contributed by atoms with van der Waals surface area (Å²) in [6.45, 7) is 0.141. The van der Waals surface area contributed by atoms with Gasteiger partial charge in [0.15, 0.2) is 11.6 Å². The van der Waals surface area contributed by atoms with Crippen LogP contribution in [-0.2, 0) is 0 Å².